The normalized spacial score (nSPS) is 19.9. The van der Waals surface area contributed by atoms with Crippen molar-refractivity contribution in [3.8, 4) is 0 Å². The van der Waals surface area contributed by atoms with Crippen molar-refractivity contribution in [1.29, 1.82) is 0 Å². The maximum atomic E-state index is 10.9. The second-order valence-electron chi connectivity index (χ2n) is 5.47. The van der Waals surface area contributed by atoms with Crippen LogP contribution in [0.1, 0.15) is 42.1 Å². The van der Waals surface area contributed by atoms with Crippen LogP contribution in [0.5, 0.6) is 0 Å². The molecule has 110 valence electrons. The third-order valence-electron chi connectivity index (χ3n) is 3.95. The van der Waals surface area contributed by atoms with Crippen LogP contribution in [-0.2, 0) is 6.54 Å². The molecule has 0 saturated carbocycles. The topological polar surface area (TPSA) is 52.6 Å². The van der Waals surface area contributed by atoms with Gasteiger partial charge in [-0.15, -0.1) is 0 Å². The van der Waals surface area contributed by atoms with Crippen molar-refractivity contribution >= 4 is 5.97 Å². The molecule has 0 spiro atoms. The van der Waals surface area contributed by atoms with Gasteiger partial charge in [-0.25, -0.2) is 4.79 Å². The molecule has 0 aliphatic carbocycles. The minimum atomic E-state index is -0.862. The number of aromatic carboxylic acids is 1. The molecule has 1 fully saturated rings. The number of hydrogen-bond donors (Lipinski definition) is 2. The number of carbonyl (C=O) groups is 1. The highest BCUT2D eigenvalue weighted by molar-refractivity contribution is 5.87. The van der Waals surface area contributed by atoms with Gasteiger partial charge in [-0.2, -0.15) is 0 Å². The van der Waals surface area contributed by atoms with E-state index in [9.17, 15) is 4.79 Å². The van der Waals surface area contributed by atoms with Crippen molar-refractivity contribution in [3.05, 3.63) is 35.4 Å². The van der Waals surface area contributed by atoms with E-state index in [4.69, 9.17) is 5.11 Å². The Bertz CT molecular complexity index is 431. The van der Waals surface area contributed by atoms with E-state index >= 15 is 0 Å². The molecule has 4 nitrogen and oxygen atoms in total. The second kappa shape index (κ2) is 7.41. The second-order valence-corrected chi connectivity index (χ2v) is 5.47. The van der Waals surface area contributed by atoms with Crippen molar-refractivity contribution in [1.82, 2.24) is 10.2 Å². The summed E-state index contributed by atoms with van der Waals surface area (Å²) in [5, 5.41) is 12.4. The average molecular weight is 276 g/mol. The number of piperazine rings is 1. The molecule has 0 unspecified atom stereocenters. The lowest BCUT2D eigenvalue weighted by atomic mass is 10.0. The molecular formula is C16H24N2O2. The van der Waals surface area contributed by atoms with E-state index in [0.717, 1.165) is 26.2 Å². The Morgan fingerprint density at radius 1 is 1.40 bits per heavy atom. The summed E-state index contributed by atoms with van der Waals surface area (Å²) in [5.74, 6) is -0.862. The minimum absolute atomic E-state index is 0.358. The first-order chi connectivity index (χ1) is 9.70. The monoisotopic (exact) mass is 276 g/mol. The Morgan fingerprint density at radius 2 is 2.15 bits per heavy atom. The number of rotatable bonds is 6. The summed E-state index contributed by atoms with van der Waals surface area (Å²) in [6, 6.07) is 7.86. The molecule has 1 saturated heterocycles. The van der Waals surface area contributed by atoms with Crippen LogP contribution in [-0.4, -0.2) is 41.7 Å². The summed E-state index contributed by atoms with van der Waals surface area (Å²) >= 11 is 0. The molecule has 1 atom stereocenters. The lowest BCUT2D eigenvalue weighted by Gasteiger charge is -2.36. The van der Waals surface area contributed by atoms with Gasteiger partial charge >= 0.3 is 5.97 Å². The number of nitrogens with one attached hydrogen (secondary N) is 1. The van der Waals surface area contributed by atoms with E-state index in [1.807, 2.05) is 12.1 Å². The number of nitrogens with zero attached hydrogens (tertiary/aromatic N) is 1. The van der Waals surface area contributed by atoms with E-state index < -0.39 is 5.97 Å². The number of unbranched alkanes of at least 4 members (excludes halogenated alkanes) is 1. The molecule has 1 aromatic carbocycles. The first kappa shape index (κ1) is 15.0. The third-order valence-corrected chi connectivity index (χ3v) is 3.95. The van der Waals surface area contributed by atoms with Gasteiger partial charge in [0.25, 0.3) is 0 Å². The molecule has 1 aliphatic heterocycles. The van der Waals surface area contributed by atoms with Crippen molar-refractivity contribution in [2.75, 3.05) is 19.6 Å². The highest BCUT2D eigenvalue weighted by atomic mass is 16.4. The summed E-state index contributed by atoms with van der Waals surface area (Å²) in [4.78, 5) is 13.4. The standard InChI is InChI=1S/C16H24N2O2/c1-2-3-4-15-11-17-9-10-18(15)12-13-5-7-14(8-6-13)16(19)20/h5-8,15,17H,2-4,9-12H2,1H3,(H,19,20)/t15-/m0/s1. The minimum Gasteiger partial charge on any atom is -0.478 e. The van der Waals surface area contributed by atoms with E-state index in [1.165, 1.54) is 24.8 Å². The van der Waals surface area contributed by atoms with Crippen LogP contribution >= 0.6 is 0 Å². The molecule has 0 radical (unpaired) electrons. The maximum absolute atomic E-state index is 10.9. The zero-order valence-electron chi connectivity index (χ0n) is 12.1. The summed E-state index contributed by atoms with van der Waals surface area (Å²) in [6.07, 6.45) is 3.73. The van der Waals surface area contributed by atoms with Gasteiger partial charge in [0.2, 0.25) is 0 Å². The summed E-state index contributed by atoms with van der Waals surface area (Å²) in [6.45, 7) is 6.30. The molecule has 0 amide bonds. The van der Waals surface area contributed by atoms with Gasteiger partial charge in [0.15, 0.2) is 0 Å². The summed E-state index contributed by atoms with van der Waals surface area (Å²) < 4.78 is 0. The van der Waals surface area contributed by atoms with Crippen LogP contribution in [0, 0.1) is 0 Å². The molecule has 2 N–H and O–H groups in total. The molecule has 20 heavy (non-hydrogen) atoms. The van der Waals surface area contributed by atoms with Gasteiger partial charge in [-0.3, -0.25) is 4.90 Å². The fraction of sp³-hybridized carbons (Fsp3) is 0.562. The van der Waals surface area contributed by atoms with Crippen molar-refractivity contribution < 1.29 is 9.90 Å². The highest BCUT2D eigenvalue weighted by Crippen LogP contribution is 2.15. The van der Waals surface area contributed by atoms with Gasteiger partial charge in [-0.05, 0) is 24.1 Å². The van der Waals surface area contributed by atoms with Gasteiger partial charge in [-0.1, -0.05) is 31.9 Å². The smallest absolute Gasteiger partial charge is 0.335 e. The summed E-state index contributed by atoms with van der Waals surface area (Å²) in [7, 11) is 0. The van der Waals surface area contributed by atoms with E-state index in [0.29, 0.717) is 11.6 Å². The van der Waals surface area contributed by atoms with E-state index in [-0.39, 0.29) is 0 Å². The number of hydrogen-bond acceptors (Lipinski definition) is 3. The number of carboxylic acid groups (broad SMARTS) is 1. The third kappa shape index (κ3) is 4.05. The molecule has 4 heteroatoms. The fourth-order valence-electron chi connectivity index (χ4n) is 2.72. The van der Waals surface area contributed by atoms with Crippen LogP contribution in [0.15, 0.2) is 24.3 Å². The SMILES string of the molecule is CCCC[C@H]1CNCCN1Cc1ccc(C(=O)O)cc1. The van der Waals surface area contributed by atoms with Gasteiger partial charge in [0.1, 0.15) is 0 Å². The van der Waals surface area contributed by atoms with Crippen LogP contribution < -0.4 is 5.32 Å². The highest BCUT2D eigenvalue weighted by Gasteiger charge is 2.21. The van der Waals surface area contributed by atoms with Crippen LogP contribution in [0.3, 0.4) is 0 Å². The van der Waals surface area contributed by atoms with Gasteiger partial charge in [0.05, 0.1) is 5.56 Å². The number of carboxylic acids is 1. The average Bonchev–Trinajstić information content (AvgIpc) is 2.47. The predicted molar refractivity (Wildman–Crippen MR) is 80.0 cm³/mol. The molecule has 2 rings (SSSR count). The number of benzene rings is 1. The van der Waals surface area contributed by atoms with Crippen molar-refractivity contribution in [2.24, 2.45) is 0 Å². The van der Waals surface area contributed by atoms with Crippen molar-refractivity contribution in [3.63, 3.8) is 0 Å². The first-order valence-corrected chi connectivity index (χ1v) is 7.47. The zero-order chi connectivity index (χ0) is 14.4. The predicted octanol–water partition coefficient (Wildman–Crippen LogP) is 2.35. The van der Waals surface area contributed by atoms with Gasteiger partial charge in [0, 0.05) is 32.2 Å². The Morgan fingerprint density at radius 3 is 2.80 bits per heavy atom. The van der Waals surface area contributed by atoms with Crippen molar-refractivity contribution in [2.45, 2.75) is 38.8 Å². The Balaban J connectivity index is 1.97. The Hall–Kier alpha value is -1.39. The quantitative estimate of drug-likeness (QED) is 0.837. The Labute approximate surface area is 120 Å². The molecule has 0 aromatic heterocycles. The largest absolute Gasteiger partial charge is 0.478 e. The maximum Gasteiger partial charge on any atom is 0.335 e. The first-order valence-electron chi connectivity index (χ1n) is 7.47. The van der Waals surface area contributed by atoms with Crippen LogP contribution in [0.25, 0.3) is 0 Å². The molecule has 1 aliphatic rings. The van der Waals surface area contributed by atoms with E-state index in [1.54, 1.807) is 12.1 Å². The molecule has 1 heterocycles. The molecule has 1 aromatic rings. The molecular weight excluding hydrogens is 252 g/mol. The van der Waals surface area contributed by atoms with Crippen LogP contribution in [0.2, 0.25) is 0 Å². The molecule has 0 bridgehead atoms. The lowest BCUT2D eigenvalue weighted by Crippen LogP contribution is -2.50. The van der Waals surface area contributed by atoms with E-state index in [2.05, 4.69) is 17.1 Å². The van der Waals surface area contributed by atoms with Gasteiger partial charge < -0.3 is 10.4 Å². The lowest BCUT2D eigenvalue weighted by molar-refractivity contribution is 0.0697. The summed E-state index contributed by atoms with van der Waals surface area (Å²) in [5.41, 5.74) is 1.55. The van der Waals surface area contributed by atoms with Crippen LogP contribution in [0.4, 0.5) is 0 Å². The zero-order valence-corrected chi connectivity index (χ0v) is 12.1. The Kier molecular flexibility index (Phi) is 5.56. The fourth-order valence-corrected chi connectivity index (χ4v) is 2.72.